The number of carbonyl (C=O) groups excluding carboxylic acids is 2. The topological polar surface area (TPSA) is 73.2 Å². The molecule has 26 heavy (non-hydrogen) atoms. The molecule has 1 N–H and O–H groups in total. The minimum atomic E-state index is -0.542. The Morgan fingerprint density at radius 3 is 2.46 bits per heavy atom. The lowest BCUT2D eigenvalue weighted by Crippen LogP contribution is -2.31. The number of aromatic nitrogens is 2. The number of benzene rings is 2. The summed E-state index contributed by atoms with van der Waals surface area (Å²) in [4.78, 5) is 24.1. The van der Waals surface area contributed by atoms with Crippen LogP contribution in [-0.2, 0) is 9.53 Å². The van der Waals surface area contributed by atoms with Crippen LogP contribution >= 0.6 is 0 Å². The highest BCUT2D eigenvalue weighted by Crippen LogP contribution is 2.12. The molecule has 3 aromatic rings. The standard InChI is InChI=1S/C20H19N3O3/c1-15(16-6-3-2-4-7-16)22-19(24)14-26-20(25)17-8-10-18(11-9-17)23-13-5-12-21-23/h2-13,15H,14H2,1H3,(H,22,24). The molecule has 6 heteroatoms. The van der Waals surface area contributed by atoms with Crippen LogP contribution in [0.2, 0.25) is 0 Å². The van der Waals surface area contributed by atoms with Gasteiger partial charge in [0.1, 0.15) is 0 Å². The van der Waals surface area contributed by atoms with E-state index in [-0.39, 0.29) is 18.6 Å². The molecule has 3 rings (SSSR count). The Kier molecular flexibility index (Phi) is 5.43. The number of hydrogen-bond donors (Lipinski definition) is 1. The van der Waals surface area contributed by atoms with Gasteiger partial charge in [0.25, 0.3) is 5.91 Å². The Morgan fingerprint density at radius 1 is 1.08 bits per heavy atom. The fourth-order valence-corrected chi connectivity index (χ4v) is 2.49. The van der Waals surface area contributed by atoms with Crippen molar-refractivity contribution < 1.29 is 14.3 Å². The summed E-state index contributed by atoms with van der Waals surface area (Å²) in [7, 11) is 0. The Balaban J connectivity index is 1.51. The van der Waals surface area contributed by atoms with Crippen LogP contribution in [0.1, 0.15) is 28.9 Å². The van der Waals surface area contributed by atoms with Gasteiger partial charge in [-0.3, -0.25) is 4.79 Å². The van der Waals surface area contributed by atoms with E-state index in [1.54, 1.807) is 35.1 Å². The van der Waals surface area contributed by atoms with E-state index in [1.165, 1.54) is 0 Å². The summed E-state index contributed by atoms with van der Waals surface area (Å²) in [5, 5.41) is 6.92. The average Bonchev–Trinajstić information content (AvgIpc) is 3.21. The number of ether oxygens (including phenoxy) is 1. The van der Waals surface area contributed by atoms with E-state index in [2.05, 4.69) is 10.4 Å². The third kappa shape index (κ3) is 4.36. The third-order valence-electron chi connectivity index (χ3n) is 3.88. The third-order valence-corrected chi connectivity index (χ3v) is 3.88. The summed E-state index contributed by atoms with van der Waals surface area (Å²) in [5.41, 5.74) is 2.20. The summed E-state index contributed by atoms with van der Waals surface area (Å²) in [6, 6.07) is 18.1. The molecule has 1 unspecified atom stereocenters. The van der Waals surface area contributed by atoms with Gasteiger partial charge in [0, 0.05) is 12.4 Å². The van der Waals surface area contributed by atoms with Gasteiger partial charge in [0.05, 0.1) is 17.3 Å². The zero-order valence-corrected chi connectivity index (χ0v) is 14.3. The van der Waals surface area contributed by atoms with Crippen molar-refractivity contribution in [3.05, 3.63) is 84.2 Å². The molecule has 0 aliphatic heterocycles. The minimum Gasteiger partial charge on any atom is -0.452 e. The van der Waals surface area contributed by atoms with Gasteiger partial charge in [-0.1, -0.05) is 30.3 Å². The summed E-state index contributed by atoms with van der Waals surface area (Å²) in [5.74, 6) is -0.887. The van der Waals surface area contributed by atoms with Crippen molar-refractivity contribution in [1.29, 1.82) is 0 Å². The van der Waals surface area contributed by atoms with E-state index in [9.17, 15) is 9.59 Å². The summed E-state index contributed by atoms with van der Waals surface area (Å²) >= 11 is 0. The van der Waals surface area contributed by atoms with E-state index in [0.29, 0.717) is 5.56 Å². The number of nitrogens with zero attached hydrogens (tertiary/aromatic N) is 2. The molecule has 0 spiro atoms. The van der Waals surface area contributed by atoms with Gasteiger partial charge in [-0.15, -0.1) is 0 Å². The molecule has 0 saturated carbocycles. The van der Waals surface area contributed by atoms with Crippen molar-refractivity contribution in [3.8, 4) is 5.69 Å². The summed E-state index contributed by atoms with van der Waals surface area (Å²) in [6.45, 7) is 1.56. The monoisotopic (exact) mass is 349 g/mol. The van der Waals surface area contributed by atoms with E-state index < -0.39 is 5.97 Å². The Morgan fingerprint density at radius 2 is 1.81 bits per heavy atom. The number of nitrogens with one attached hydrogen (secondary N) is 1. The molecule has 1 heterocycles. The quantitative estimate of drug-likeness (QED) is 0.695. The van der Waals surface area contributed by atoms with Gasteiger partial charge >= 0.3 is 5.97 Å². The fraction of sp³-hybridized carbons (Fsp3) is 0.150. The highest BCUT2D eigenvalue weighted by atomic mass is 16.5. The van der Waals surface area contributed by atoms with E-state index in [4.69, 9.17) is 4.74 Å². The number of carbonyl (C=O) groups is 2. The van der Waals surface area contributed by atoms with E-state index in [0.717, 1.165) is 11.3 Å². The lowest BCUT2D eigenvalue weighted by molar-refractivity contribution is -0.124. The lowest BCUT2D eigenvalue weighted by atomic mass is 10.1. The Labute approximate surface area is 151 Å². The molecule has 0 aliphatic rings. The van der Waals surface area contributed by atoms with Crippen LogP contribution < -0.4 is 5.32 Å². The first-order valence-corrected chi connectivity index (χ1v) is 8.25. The molecule has 2 aromatic carbocycles. The van der Waals surface area contributed by atoms with Crippen LogP contribution in [0.25, 0.3) is 5.69 Å². The smallest absolute Gasteiger partial charge is 0.338 e. The van der Waals surface area contributed by atoms with E-state index in [1.807, 2.05) is 49.5 Å². The SMILES string of the molecule is CC(NC(=O)COC(=O)c1ccc(-n2cccn2)cc1)c1ccccc1. The van der Waals surface area contributed by atoms with Crippen molar-refractivity contribution in [2.24, 2.45) is 0 Å². The molecule has 132 valence electrons. The predicted molar refractivity (Wildman–Crippen MR) is 96.8 cm³/mol. The van der Waals surface area contributed by atoms with Gasteiger partial charge in [0.15, 0.2) is 6.61 Å². The van der Waals surface area contributed by atoms with Gasteiger partial charge < -0.3 is 10.1 Å². The first-order valence-electron chi connectivity index (χ1n) is 8.25. The second-order valence-electron chi connectivity index (χ2n) is 5.77. The largest absolute Gasteiger partial charge is 0.452 e. The van der Waals surface area contributed by atoms with Crippen LogP contribution in [0.3, 0.4) is 0 Å². The normalized spacial score (nSPS) is 11.6. The zero-order chi connectivity index (χ0) is 18.4. The summed E-state index contributed by atoms with van der Waals surface area (Å²) in [6.07, 6.45) is 3.49. The van der Waals surface area contributed by atoms with E-state index >= 15 is 0 Å². The molecule has 0 saturated heterocycles. The second-order valence-corrected chi connectivity index (χ2v) is 5.77. The summed E-state index contributed by atoms with van der Waals surface area (Å²) < 4.78 is 6.77. The van der Waals surface area contributed by atoms with Gasteiger partial charge in [-0.25, -0.2) is 9.48 Å². The van der Waals surface area contributed by atoms with Crippen LogP contribution in [-0.4, -0.2) is 28.3 Å². The number of rotatable bonds is 6. The first kappa shape index (κ1) is 17.4. The Hall–Kier alpha value is -3.41. The van der Waals surface area contributed by atoms with Crippen molar-refractivity contribution in [2.75, 3.05) is 6.61 Å². The fourth-order valence-electron chi connectivity index (χ4n) is 2.49. The molecule has 0 fully saturated rings. The maximum Gasteiger partial charge on any atom is 0.338 e. The Bertz CT molecular complexity index is 859. The molecule has 0 aliphatic carbocycles. The van der Waals surface area contributed by atoms with Gasteiger partial charge in [-0.05, 0) is 42.8 Å². The molecule has 0 bridgehead atoms. The molecular formula is C20H19N3O3. The molecule has 0 radical (unpaired) electrons. The average molecular weight is 349 g/mol. The molecular weight excluding hydrogens is 330 g/mol. The van der Waals surface area contributed by atoms with Crippen molar-refractivity contribution >= 4 is 11.9 Å². The number of hydrogen-bond acceptors (Lipinski definition) is 4. The van der Waals surface area contributed by atoms with Crippen LogP contribution in [0.15, 0.2) is 73.1 Å². The van der Waals surface area contributed by atoms with Crippen molar-refractivity contribution in [1.82, 2.24) is 15.1 Å². The number of esters is 1. The number of amides is 1. The second kappa shape index (κ2) is 8.11. The molecule has 1 atom stereocenters. The maximum absolute atomic E-state index is 12.1. The van der Waals surface area contributed by atoms with Crippen LogP contribution in [0.4, 0.5) is 0 Å². The zero-order valence-electron chi connectivity index (χ0n) is 14.3. The van der Waals surface area contributed by atoms with Crippen LogP contribution in [0, 0.1) is 0 Å². The molecule has 1 aromatic heterocycles. The maximum atomic E-state index is 12.1. The molecule has 6 nitrogen and oxygen atoms in total. The van der Waals surface area contributed by atoms with Crippen molar-refractivity contribution in [3.63, 3.8) is 0 Å². The highest BCUT2D eigenvalue weighted by Gasteiger charge is 2.13. The molecule has 1 amide bonds. The van der Waals surface area contributed by atoms with Gasteiger partial charge in [-0.2, -0.15) is 5.10 Å². The lowest BCUT2D eigenvalue weighted by Gasteiger charge is -2.14. The van der Waals surface area contributed by atoms with Crippen molar-refractivity contribution in [2.45, 2.75) is 13.0 Å². The highest BCUT2D eigenvalue weighted by molar-refractivity contribution is 5.91. The predicted octanol–water partition coefficient (Wildman–Crippen LogP) is 2.91. The van der Waals surface area contributed by atoms with Crippen LogP contribution in [0.5, 0.6) is 0 Å². The van der Waals surface area contributed by atoms with Gasteiger partial charge in [0.2, 0.25) is 0 Å². The minimum absolute atomic E-state index is 0.157. The first-order chi connectivity index (χ1) is 12.6.